The Morgan fingerprint density at radius 2 is 2.28 bits per heavy atom. The van der Waals surface area contributed by atoms with Crippen molar-refractivity contribution in [3.05, 3.63) is 41.0 Å². The van der Waals surface area contributed by atoms with E-state index in [-0.39, 0.29) is 0 Å². The van der Waals surface area contributed by atoms with Gasteiger partial charge >= 0.3 is 5.97 Å². The zero-order valence-corrected chi connectivity index (χ0v) is 10.2. The molecule has 0 saturated carbocycles. The first kappa shape index (κ1) is 12.6. The standard InChI is InChI=1S/C14H16O4/c1-18-10-4-2-3-9(7-10)8-12-11(14(16)17)5-6-13(12)15/h2-4,7,13,15H,5-6,8H2,1H3,(H,16,17). The van der Waals surface area contributed by atoms with Gasteiger partial charge in [-0.2, -0.15) is 0 Å². The van der Waals surface area contributed by atoms with Crippen LogP contribution in [0.1, 0.15) is 18.4 Å². The third-order valence-corrected chi connectivity index (χ3v) is 3.24. The van der Waals surface area contributed by atoms with Gasteiger partial charge in [0.25, 0.3) is 0 Å². The molecular weight excluding hydrogens is 232 g/mol. The van der Waals surface area contributed by atoms with Crippen molar-refractivity contribution in [1.82, 2.24) is 0 Å². The molecule has 1 aromatic carbocycles. The highest BCUT2D eigenvalue weighted by Gasteiger charge is 2.27. The second-order valence-electron chi connectivity index (χ2n) is 4.39. The molecule has 4 heteroatoms. The molecule has 0 aromatic heterocycles. The lowest BCUT2D eigenvalue weighted by Crippen LogP contribution is -2.10. The first-order valence-corrected chi connectivity index (χ1v) is 5.88. The van der Waals surface area contributed by atoms with Crippen molar-refractivity contribution < 1.29 is 19.7 Å². The lowest BCUT2D eigenvalue weighted by atomic mass is 10.0. The SMILES string of the molecule is COc1cccc(CC2=C(C(=O)O)CCC2O)c1. The van der Waals surface area contributed by atoms with Gasteiger partial charge < -0.3 is 14.9 Å². The van der Waals surface area contributed by atoms with Gasteiger partial charge in [0.15, 0.2) is 0 Å². The van der Waals surface area contributed by atoms with E-state index in [0.29, 0.717) is 30.4 Å². The Hall–Kier alpha value is -1.81. The van der Waals surface area contributed by atoms with Crippen molar-refractivity contribution in [1.29, 1.82) is 0 Å². The molecule has 0 spiro atoms. The molecule has 1 atom stereocenters. The summed E-state index contributed by atoms with van der Waals surface area (Å²) in [6, 6.07) is 7.45. The quantitative estimate of drug-likeness (QED) is 0.852. The van der Waals surface area contributed by atoms with E-state index in [1.807, 2.05) is 24.3 Å². The Morgan fingerprint density at radius 1 is 1.50 bits per heavy atom. The van der Waals surface area contributed by atoms with Crippen LogP contribution in [-0.4, -0.2) is 29.4 Å². The summed E-state index contributed by atoms with van der Waals surface area (Å²) >= 11 is 0. The number of hydrogen-bond acceptors (Lipinski definition) is 3. The van der Waals surface area contributed by atoms with Gasteiger partial charge in [-0.1, -0.05) is 12.1 Å². The minimum Gasteiger partial charge on any atom is -0.497 e. The number of ether oxygens (including phenoxy) is 1. The number of aliphatic hydroxyl groups excluding tert-OH is 1. The van der Waals surface area contributed by atoms with Crippen LogP contribution in [0.4, 0.5) is 0 Å². The number of hydrogen-bond donors (Lipinski definition) is 2. The zero-order chi connectivity index (χ0) is 13.1. The molecule has 0 saturated heterocycles. The second-order valence-corrected chi connectivity index (χ2v) is 4.39. The first-order chi connectivity index (χ1) is 8.61. The number of rotatable bonds is 4. The third kappa shape index (κ3) is 2.54. The van der Waals surface area contributed by atoms with Crippen LogP contribution in [0.15, 0.2) is 35.4 Å². The van der Waals surface area contributed by atoms with E-state index in [0.717, 1.165) is 11.3 Å². The fraction of sp³-hybridized carbons (Fsp3) is 0.357. The molecule has 0 heterocycles. The van der Waals surface area contributed by atoms with Crippen LogP contribution in [0.5, 0.6) is 5.75 Å². The van der Waals surface area contributed by atoms with E-state index in [2.05, 4.69) is 0 Å². The smallest absolute Gasteiger partial charge is 0.331 e. The minimum absolute atomic E-state index is 0.352. The Morgan fingerprint density at radius 3 is 2.94 bits per heavy atom. The average Bonchev–Trinajstić information content (AvgIpc) is 2.71. The average molecular weight is 248 g/mol. The van der Waals surface area contributed by atoms with E-state index >= 15 is 0 Å². The van der Waals surface area contributed by atoms with E-state index in [9.17, 15) is 9.90 Å². The van der Waals surface area contributed by atoms with E-state index in [1.54, 1.807) is 7.11 Å². The Balaban J connectivity index is 2.26. The summed E-state index contributed by atoms with van der Waals surface area (Å²) in [5.74, 6) is -0.193. The van der Waals surface area contributed by atoms with Crippen LogP contribution in [0, 0.1) is 0 Å². The van der Waals surface area contributed by atoms with Gasteiger partial charge in [0.05, 0.1) is 13.2 Å². The van der Waals surface area contributed by atoms with Gasteiger partial charge in [0, 0.05) is 5.57 Å². The molecule has 1 aliphatic carbocycles. The monoisotopic (exact) mass is 248 g/mol. The summed E-state index contributed by atoms with van der Waals surface area (Å²) < 4.78 is 5.13. The summed E-state index contributed by atoms with van der Waals surface area (Å²) in [7, 11) is 1.59. The fourth-order valence-corrected chi connectivity index (χ4v) is 2.29. The van der Waals surface area contributed by atoms with Crippen molar-refractivity contribution in [3.8, 4) is 5.75 Å². The van der Waals surface area contributed by atoms with Crippen LogP contribution in [0.3, 0.4) is 0 Å². The third-order valence-electron chi connectivity index (χ3n) is 3.24. The zero-order valence-electron chi connectivity index (χ0n) is 10.2. The van der Waals surface area contributed by atoms with Gasteiger partial charge in [0.1, 0.15) is 5.75 Å². The summed E-state index contributed by atoms with van der Waals surface area (Å²) in [6.07, 6.45) is 0.763. The van der Waals surface area contributed by atoms with Crippen molar-refractivity contribution >= 4 is 5.97 Å². The largest absolute Gasteiger partial charge is 0.497 e. The molecule has 1 aliphatic rings. The topological polar surface area (TPSA) is 66.8 Å². The highest BCUT2D eigenvalue weighted by molar-refractivity contribution is 5.88. The molecule has 2 rings (SSSR count). The van der Waals surface area contributed by atoms with Gasteiger partial charge in [-0.05, 0) is 42.5 Å². The van der Waals surface area contributed by atoms with Crippen molar-refractivity contribution in [3.63, 3.8) is 0 Å². The van der Waals surface area contributed by atoms with Crippen molar-refractivity contribution in [2.75, 3.05) is 7.11 Å². The number of aliphatic hydroxyl groups is 1. The maximum absolute atomic E-state index is 11.1. The molecule has 1 unspecified atom stereocenters. The molecule has 18 heavy (non-hydrogen) atoms. The number of carbonyl (C=O) groups is 1. The van der Waals surface area contributed by atoms with E-state index in [1.165, 1.54) is 0 Å². The molecule has 0 radical (unpaired) electrons. The summed E-state index contributed by atoms with van der Waals surface area (Å²) in [5.41, 5.74) is 1.92. The summed E-state index contributed by atoms with van der Waals surface area (Å²) in [5, 5.41) is 18.9. The molecule has 4 nitrogen and oxygen atoms in total. The number of carboxylic acids is 1. The summed E-state index contributed by atoms with van der Waals surface area (Å²) in [6.45, 7) is 0. The molecule has 0 bridgehead atoms. The van der Waals surface area contributed by atoms with Crippen LogP contribution < -0.4 is 4.74 Å². The molecule has 0 fully saturated rings. The molecular formula is C14H16O4. The number of benzene rings is 1. The lowest BCUT2D eigenvalue weighted by molar-refractivity contribution is -0.132. The predicted molar refractivity (Wildman–Crippen MR) is 66.6 cm³/mol. The van der Waals surface area contributed by atoms with Crippen LogP contribution in [0.2, 0.25) is 0 Å². The number of carboxylic acid groups (broad SMARTS) is 1. The number of aliphatic carboxylic acids is 1. The minimum atomic E-state index is -0.926. The molecule has 1 aromatic rings. The van der Waals surface area contributed by atoms with Gasteiger partial charge in [-0.3, -0.25) is 0 Å². The van der Waals surface area contributed by atoms with Gasteiger partial charge in [0.2, 0.25) is 0 Å². The summed E-state index contributed by atoms with van der Waals surface area (Å²) in [4.78, 5) is 11.1. The Kier molecular flexibility index (Phi) is 3.67. The second kappa shape index (κ2) is 5.23. The maximum atomic E-state index is 11.1. The highest BCUT2D eigenvalue weighted by atomic mass is 16.5. The van der Waals surface area contributed by atoms with Crippen molar-refractivity contribution in [2.24, 2.45) is 0 Å². The maximum Gasteiger partial charge on any atom is 0.331 e. The number of methoxy groups -OCH3 is 1. The predicted octanol–water partition coefficient (Wildman–Crippen LogP) is 1.77. The molecule has 2 N–H and O–H groups in total. The van der Waals surface area contributed by atoms with Crippen LogP contribution in [-0.2, 0) is 11.2 Å². The molecule has 0 aliphatic heterocycles. The molecule has 0 amide bonds. The lowest BCUT2D eigenvalue weighted by Gasteiger charge is -2.10. The van der Waals surface area contributed by atoms with Gasteiger partial charge in [-0.25, -0.2) is 4.79 Å². The highest BCUT2D eigenvalue weighted by Crippen LogP contribution is 2.30. The first-order valence-electron chi connectivity index (χ1n) is 5.88. The Labute approximate surface area is 106 Å². The van der Waals surface area contributed by atoms with E-state index in [4.69, 9.17) is 9.84 Å². The van der Waals surface area contributed by atoms with Crippen LogP contribution >= 0.6 is 0 Å². The fourth-order valence-electron chi connectivity index (χ4n) is 2.29. The Bertz CT molecular complexity index is 490. The van der Waals surface area contributed by atoms with Crippen LogP contribution in [0.25, 0.3) is 0 Å². The van der Waals surface area contributed by atoms with E-state index < -0.39 is 12.1 Å². The normalized spacial score (nSPS) is 19.1. The van der Waals surface area contributed by atoms with Gasteiger partial charge in [-0.15, -0.1) is 0 Å². The molecule has 96 valence electrons. The van der Waals surface area contributed by atoms with Crippen molar-refractivity contribution in [2.45, 2.75) is 25.4 Å².